The molecule has 0 fully saturated rings. The number of benzene rings is 3. The summed E-state index contributed by atoms with van der Waals surface area (Å²) in [6.45, 7) is 3.05. The van der Waals surface area contributed by atoms with Crippen molar-refractivity contribution in [3.63, 3.8) is 0 Å². The van der Waals surface area contributed by atoms with E-state index in [1.165, 1.54) is 13.8 Å². The van der Waals surface area contributed by atoms with E-state index in [-0.39, 0.29) is 17.5 Å². The topological polar surface area (TPSA) is 63.2 Å². The summed E-state index contributed by atoms with van der Waals surface area (Å²) in [4.78, 5) is 36.1. The third-order valence-electron chi connectivity index (χ3n) is 5.33. The van der Waals surface area contributed by atoms with Crippen LogP contribution >= 0.6 is 0 Å². The van der Waals surface area contributed by atoms with Crippen LogP contribution in [0.2, 0.25) is 0 Å². The first-order chi connectivity index (χ1) is 13.4. The standard InChI is InChI=1S/C24H19NO3/c1-15(26)17-7-11-19(12-8-17)24(20-13-9-18(10-14-20)16(2)27)22-6-4-3-5-21(22)23(28)25-24/h3-14H,1-2H3,(H,25,28). The summed E-state index contributed by atoms with van der Waals surface area (Å²) in [6, 6.07) is 22.1. The number of hydrogen-bond donors (Lipinski definition) is 1. The van der Waals surface area contributed by atoms with Crippen LogP contribution < -0.4 is 5.32 Å². The Hall–Kier alpha value is -3.53. The monoisotopic (exact) mass is 369 g/mol. The van der Waals surface area contributed by atoms with Gasteiger partial charge < -0.3 is 5.32 Å². The first kappa shape index (κ1) is 17.9. The first-order valence-electron chi connectivity index (χ1n) is 9.08. The predicted molar refractivity (Wildman–Crippen MR) is 107 cm³/mol. The second-order valence-electron chi connectivity index (χ2n) is 7.02. The van der Waals surface area contributed by atoms with Gasteiger partial charge in [0.1, 0.15) is 5.54 Å². The lowest BCUT2D eigenvalue weighted by molar-refractivity contribution is 0.0946. The van der Waals surface area contributed by atoms with Crippen molar-refractivity contribution in [2.75, 3.05) is 0 Å². The molecule has 1 aliphatic rings. The molecule has 1 heterocycles. The Bertz CT molecular complexity index is 1040. The Morgan fingerprint density at radius 2 is 1.18 bits per heavy atom. The van der Waals surface area contributed by atoms with E-state index < -0.39 is 5.54 Å². The number of hydrogen-bond acceptors (Lipinski definition) is 3. The molecule has 1 aliphatic heterocycles. The van der Waals surface area contributed by atoms with E-state index in [1.54, 1.807) is 30.3 Å². The van der Waals surface area contributed by atoms with E-state index in [2.05, 4.69) is 5.32 Å². The molecule has 3 aromatic rings. The van der Waals surface area contributed by atoms with Gasteiger partial charge in [-0.3, -0.25) is 14.4 Å². The summed E-state index contributed by atoms with van der Waals surface area (Å²) in [6.07, 6.45) is 0. The fraction of sp³-hybridized carbons (Fsp3) is 0.125. The molecule has 1 amide bonds. The normalized spacial score (nSPS) is 14.3. The summed E-state index contributed by atoms with van der Waals surface area (Å²) in [5, 5.41) is 3.15. The minimum atomic E-state index is -0.877. The highest BCUT2D eigenvalue weighted by molar-refractivity contribution is 6.02. The van der Waals surface area contributed by atoms with Gasteiger partial charge in [-0.15, -0.1) is 0 Å². The van der Waals surface area contributed by atoms with Gasteiger partial charge in [0.05, 0.1) is 0 Å². The molecule has 4 nitrogen and oxygen atoms in total. The molecule has 0 saturated carbocycles. The zero-order valence-electron chi connectivity index (χ0n) is 15.7. The summed E-state index contributed by atoms with van der Waals surface area (Å²) in [5.41, 5.74) is 3.53. The maximum absolute atomic E-state index is 12.8. The van der Waals surface area contributed by atoms with E-state index in [1.807, 2.05) is 42.5 Å². The molecule has 0 saturated heterocycles. The molecule has 0 radical (unpaired) electrons. The lowest BCUT2D eigenvalue weighted by atomic mass is 9.77. The SMILES string of the molecule is CC(=O)c1ccc(C2(c3ccc(C(C)=O)cc3)NC(=O)c3ccccc32)cc1. The van der Waals surface area contributed by atoms with Crippen molar-refractivity contribution in [2.45, 2.75) is 19.4 Å². The van der Waals surface area contributed by atoms with E-state index in [4.69, 9.17) is 0 Å². The molecule has 0 aromatic heterocycles. The van der Waals surface area contributed by atoms with Crippen molar-refractivity contribution in [3.05, 3.63) is 106 Å². The summed E-state index contributed by atoms with van der Waals surface area (Å²) in [5.74, 6) is -0.175. The summed E-state index contributed by atoms with van der Waals surface area (Å²) < 4.78 is 0. The average molecular weight is 369 g/mol. The number of fused-ring (bicyclic) bond motifs is 1. The van der Waals surface area contributed by atoms with E-state index in [0.29, 0.717) is 16.7 Å². The van der Waals surface area contributed by atoms with Crippen molar-refractivity contribution in [1.82, 2.24) is 5.32 Å². The van der Waals surface area contributed by atoms with Crippen LogP contribution in [0.25, 0.3) is 0 Å². The van der Waals surface area contributed by atoms with Crippen LogP contribution in [0.15, 0.2) is 72.8 Å². The smallest absolute Gasteiger partial charge is 0.252 e. The maximum Gasteiger partial charge on any atom is 0.252 e. The van der Waals surface area contributed by atoms with Gasteiger partial charge in [0, 0.05) is 16.7 Å². The van der Waals surface area contributed by atoms with E-state index >= 15 is 0 Å². The largest absolute Gasteiger partial charge is 0.334 e. The number of carbonyl (C=O) groups excluding carboxylic acids is 3. The second kappa shape index (κ2) is 6.57. The van der Waals surface area contributed by atoms with E-state index in [0.717, 1.165) is 16.7 Å². The number of nitrogens with one attached hydrogen (secondary N) is 1. The van der Waals surface area contributed by atoms with Gasteiger partial charge >= 0.3 is 0 Å². The Kier molecular flexibility index (Phi) is 4.19. The van der Waals surface area contributed by atoms with Gasteiger partial charge in [-0.25, -0.2) is 0 Å². The Morgan fingerprint density at radius 3 is 1.64 bits per heavy atom. The lowest BCUT2D eigenvalue weighted by Gasteiger charge is -2.32. The van der Waals surface area contributed by atoms with Gasteiger partial charge in [0.25, 0.3) is 5.91 Å². The van der Waals surface area contributed by atoms with Crippen molar-refractivity contribution in [2.24, 2.45) is 0 Å². The second-order valence-corrected chi connectivity index (χ2v) is 7.02. The molecule has 138 valence electrons. The number of carbonyl (C=O) groups is 3. The van der Waals surface area contributed by atoms with Crippen LogP contribution in [-0.4, -0.2) is 17.5 Å². The van der Waals surface area contributed by atoms with E-state index in [9.17, 15) is 14.4 Å². The molecule has 3 aromatic carbocycles. The molecule has 28 heavy (non-hydrogen) atoms. The fourth-order valence-corrected chi connectivity index (χ4v) is 3.84. The minimum absolute atomic E-state index is 0.0118. The highest BCUT2D eigenvalue weighted by Gasteiger charge is 2.45. The maximum atomic E-state index is 12.8. The van der Waals surface area contributed by atoms with Crippen LogP contribution in [0, 0.1) is 0 Å². The highest BCUT2D eigenvalue weighted by Crippen LogP contribution is 2.42. The minimum Gasteiger partial charge on any atom is -0.334 e. The van der Waals surface area contributed by atoms with Gasteiger partial charge in [-0.1, -0.05) is 66.7 Å². The molecule has 4 rings (SSSR count). The molecule has 0 aliphatic carbocycles. The molecule has 0 unspecified atom stereocenters. The first-order valence-corrected chi connectivity index (χ1v) is 9.08. The van der Waals surface area contributed by atoms with Gasteiger partial charge in [0.15, 0.2) is 11.6 Å². The highest BCUT2D eigenvalue weighted by atomic mass is 16.2. The van der Waals surface area contributed by atoms with Crippen LogP contribution in [0.1, 0.15) is 61.6 Å². The zero-order chi connectivity index (χ0) is 19.9. The van der Waals surface area contributed by atoms with Gasteiger partial charge in [-0.2, -0.15) is 0 Å². The zero-order valence-corrected chi connectivity index (χ0v) is 15.7. The van der Waals surface area contributed by atoms with Gasteiger partial charge in [-0.05, 0) is 36.6 Å². The molecule has 0 spiro atoms. The number of rotatable bonds is 4. The fourth-order valence-electron chi connectivity index (χ4n) is 3.84. The van der Waals surface area contributed by atoms with Crippen LogP contribution in [0.3, 0.4) is 0 Å². The average Bonchev–Trinajstić information content (AvgIpc) is 3.02. The number of Topliss-reactive ketones (excluding diaryl/α,β-unsaturated/α-hetero) is 2. The Balaban J connectivity index is 1.96. The van der Waals surface area contributed by atoms with Crippen molar-refractivity contribution >= 4 is 17.5 Å². The number of amides is 1. The molecular weight excluding hydrogens is 350 g/mol. The Labute approximate surface area is 163 Å². The van der Waals surface area contributed by atoms with Crippen molar-refractivity contribution < 1.29 is 14.4 Å². The number of ketones is 2. The lowest BCUT2D eigenvalue weighted by Crippen LogP contribution is -2.41. The molecule has 1 N–H and O–H groups in total. The summed E-state index contributed by atoms with van der Waals surface area (Å²) in [7, 11) is 0. The molecule has 0 atom stereocenters. The van der Waals surface area contributed by atoms with Gasteiger partial charge in [0.2, 0.25) is 0 Å². The third kappa shape index (κ3) is 2.65. The Morgan fingerprint density at radius 1 is 0.714 bits per heavy atom. The van der Waals surface area contributed by atoms with Crippen LogP contribution in [-0.2, 0) is 5.54 Å². The van der Waals surface area contributed by atoms with Crippen molar-refractivity contribution in [3.8, 4) is 0 Å². The van der Waals surface area contributed by atoms with Crippen LogP contribution in [0.4, 0.5) is 0 Å². The quantitative estimate of drug-likeness (QED) is 0.704. The molecule has 4 heteroatoms. The predicted octanol–water partition coefficient (Wildman–Crippen LogP) is 4.13. The summed E-state index contributed by atoms with van der Waals surface area (Å²) >= 11 is 0. The third-order valence-corrected chi connectivity index (χ3v) is 5.33. The molecular formula is C24H19NO3. The van der Waals surface area contributed by atoms with Crippen LogP contribution in [0.5, 0.6) is 0 Å². The molecule has 0 bridgehead atoms. The van der Waals surface area contributed by atoms with Crippen molar-refractivity contribution in [1.29, 1.82) is 0 Å².